The molecule has 0 saturated carbocycles. The van der Waals surface area contributed by atoms with E-state index in [9.17, 15) is 14.7 Å². The maximum Gasteiger partial charge on any atom is 0.327 e. The first-order valence-corrected chi connectivity index (χ1v) is 9.77. The van der Waals surface area contributed by atoms with Gasteiger partial charge in [0.05, 0.1) is 4.91 Å². The van der Waals surface area contributed by atoms with Crippen molar-refractivity contribution in [2.24, 2.45) is 0 Å². The van der Waals surface area contributed by atoms with Gasteiger partial charge in [-0.3, -0.25) is 9.69 Å². The van der Waals surface area contributed by atoms with E-state index in [1.54, 1.807) is 6.08 Å². The Hall–Kier alpha value is -1.96. The smallest absolute Gasteiger partial charge is 0.327 e. The Morgan fingerprint density at radius 1 is 1.23 bits per heavy atom. The number of carboxylic acids is 1. The maximum atomic E-state index is 12.8. The number of hydrogen-bond donors (Lipinski definition) is 1. The fourth-order valence-electron chi connectivity index (χ4n) is 2.62. The number of nitrogens with zero attached hydrogens (tertiary/aromatic N) is 1. The number of thiocarbonyl (C=S) groups is 1. The highest BCUT2D eigenvalue weighted by molar-refractivity contribution is 9.10. The van der Waals surface area contributed by atoms with E-state index in [0.717, 1.165) is 27.4 Å². The third-order valence-electron chi connectivity index (χ3n) is 3.84. The van der Waals surface area contributed by atoms with Crippen LogP contribution in [-0.4, -0.2) is 32.2 Å². The molecule has 2 aromatic rings. The molecule has 132 valence electrons. The first-order chi connectivity index (χ1) is 12.5. The molecular formula is C19H14BrNO3S2. The summed E-state index contributed by atoms with van der Waals surface area (Å²) in [5.74, 6) is -1.45. The van der Waals surface area contributed by atoms with Gasteiger partial charge in [0.25, 0.3) is 5.91 Å². The molecule has 26 heavy (non-hydrogen) atoms. The molecule has 0 aromatic heterocycles. The van der Waals surface area contributed by atoms with Crippen molar-refractivity contribution in [1.82, 2.24) is 4.90 Å². The first kappa shape index (κ1) is 18.8. The summed E-state index contributed by atoms with van der Waals surface area (Å²) in [6, 6.07) is 15.7. The number of benzene rings is 2. The van der Waals surface area contributed by atoms with Gasteiger partial charge in [0.15, 0.2) is 0 Å². The number of carbonyl (C=O) groups is 2. The van der Waals surface area contributed by atoms with Crippen LogP contribution in [0.3, 0.4) is 0 Å². The summed E-state index contributed by atoms with van der Waals surface area (Å²) in [4.78, 5) is 26.2. The first-order valence-electron chi connectivity index (χ1n) is 7.75. The number of carbonyl (C=O) groups excluding carboxylic acids is 1. The number of carboxylic acid groups (broad SMARTS) is 1. The number of halogens is 1. The largest absolute Gasteiger partial charge is 0.480 e. The molecule has 1 N–H and O–H groups in total. The minimum atomic E-state index is -1.08. The van der Waals surface area contributed by atoms with Gasteiger partial charge >= 0.3 is 5.97 Å². The minimum absolute atomic E-state index is 0.201. The van der Waals surface area contributed by atoms with Crippen LogP contribution in [0.1, 0.15) is 11.1 Å². The van der Waals surface area contributed by atoms with Crippen LogP contribution in [0.4, 0.5) is 0 Å². The highest BCUT2D eigenvalue weighted by atomic mass is 79.9. The lowest BCUT2D eigenvalue weighted by Crippen LogP contribution is -2.45. The quantitative estimate of drug-likeness (QED) is 0.545. The van der Waals surface area contributed by atoms with Crippen LogP contribution >= 0.6 is 39.9 Å². The molecule has 0 unspecified atom stereocenters. The second-order valence-electron chi connectivity index (χ2n) is 5.65. The Labute approximate surface area is 169 Å². The zero-order valence-electron chi connectivity index (χ0n) is 13.5. The Morgan fingerprint density at radius 2 is 1.96 bits per heavy atom. The predicted molar refractivity (Wildman–Crippen MR) is 111 cm³/mol. The lowest BCUT2D eigenvalue weighted by atomic mass is 10.0. The molecule has 1 heterocycles. The number of thioether (sulfide) groups is 1. The highest BCUT2D eigenvalue weighted by Crippen LogP contribution is 2.35. The summed E-state index contributed by atoms with van der Waals surface area (Å²) < 4.78 is 1.16. The van der Waals surface area contributed by atoms with Crippen molar-refractivity contribution in [3.63, 3.8) is 0 Å². The van der Waals surface area contributed by atoms with Gasteiger partial charge in [0, 0.05) is 10.9 Å². The standard InChI is InChI=1S/C19H14BrNO3S2/c20-14-8-4-7-13(9-14)11-16-17(22)21(19(25)26-16)15(18(23)24)10-12-5-2-1-3-6-12/h1-9,11,15H,10H2,(H,23,24)/b16-11+/t15-/m0/s1. The van der Waals surface area contributed by atoms with E-state index >= 15 is 0 Å². The molecule has 0 bridgehead atoms. The molecule has 0 aliphatic carbocycles. The van der Waals surface area contributed by atoms with Crippen molar-refractivity contribution in [1.29, 1.82) is 0 Å². The van der Waals surface area contributed by atoms with E-state index in [1.807, 2.05) is 54.6 Å². The van der Waals surface area contributed by atoms with Crippen molar-refractivity contribution in [3.8, 4) is 0 Å². The number of hydrogen-bond acceptors (Lipinski definition) is 4. The molecule has 1 aliphatic heterocycles. The summed E-state index contributed by atoms with van der Waals surface area (Å²) in [6.45, 7) is 0. The monoisotopic (exact) mass is 447 g/mol. The second-order valence-corrected chi connectivity index (χ2v) is 8.24. The number of aliphatic carboxylic acids is 1. The molecular weight excluding hydrogens is 434 g/mol. The molecule has 1 atom stereocenters. The van der Waals surface area contributed by atoms with Gasteiger partial charge in [-0.25, -0.2) is 4.79 Å². The normalized spacial score (nSPS) is 17.0. The summed E-state index contributed by atoms with van der Waals surface area (Å²) in [6.07, 6.45) is 1.93. The topological polar surface area (TPSA) is 57.6 Å². The van der Waals surface area contributed by atoms with Gasteiger partial charge in [-0.05, 0) is 29.3 Å². The summed E-state index contributed by atoms with van der Waals surface area (Å²) >= 11 is 9.83. The highest BCUT2D eigenvalue weighted by Gasteiger charge is 2.40. The average Bonchev–Trinajstić information content (AvgIpc) is 2.87. The Balaban J connectivity index is 1.88. The summed E-state index contributed by atoms with van der Waals surface area (Å²) in [7, 11) is 0. The van der Waals surface area contributed by atoms with Crippen LogP contribution in [0, 0.1) is 0 Å². The molecule has 0 radical (unpaired) electrons. The fraction of sp³-hybridized carbons (Fsp3) is 0.105. The van der Waals surface area contributed by atoms with Crippen molar-refractivity contribution in [3.05, 3.63) is 75.1 Å². The van der Waals surface area contributed by atoms with E-state index in [-0.39, 0.29) is 16.6 Å². The van der Waals surface area contributed by atoms with Gasteiger partial charge in [-0.2, -0.15) is 0 Å². The SMILES string of the molecule is O=C(O)[C@H](Cc1ccccc1)N1C(=O)/C(=C\c2cccc(Br)c2)SC1=S. The molecule has 1 fully saturated rings. The molecule has 2 aromatic carbocycles. The van der Waals surface area contributed by atoms with E-state index in [4.69, 9.17) is 12.2 Å². The molecule has 1 amide bonds. The van der Waals surface area contributed by atoms with Crippen molar-refractivity contribution < 1.29 is 14.7 Å². The minimum Gasteiger partial charge on any atom is -0.480 e. The third-order valence-corrected chi connectivity index (χ3v) is 5.66. The van der Waals surface area contributed by atoms with Crippen molar-refractivity contribution in [2.45, 2.75) is 12.5 Å². The molecule has 4 nitrogen and oxygen atoms in total. The van der Waals surface area contributed by atoms with E-state index in [0.29, 0.717) is 4.91 Å². The van der Waals surface area contributed by atoms with Crippen molar-refractivity contribution in [2.75, 3.05) is 0 Å². The average molecular weight is 448 g/mol. The van der Waals surface area contributed by atoms with Gasteiger partial charge in [-0.1, -0.05) is 82.4 Å². The lowest BCUT2D eigenvalue weighted by Gasteiger charge is -2.23. The molecule has 3 rings (SSSR count). The zero-order chi connectivity index (χ0) is 18.7. The van der Waals surface area contributed by atoms with Crippen LogP contribution in [0.2, 0.25) is 0 Å². The third kappa shape index (κ3) is 4.23. The molecule has 0 spiro atoms. The molecule has 1 aliphatic rings. The van der Waals surface area contributed by atoms with Gasteiger partial charge in [0.2, 0.25) is 0 Å². The second kappa shape index (κ2) is 8.16. The number of rotatable bonds is 5. The summed E-state index contributed by atoms with van der Waals surface area (Å²) in [5, 5.41) is 9.65. The maximum absolute atomic E-state index is 12.8. The van der Waals surface area contributed by atoms with Crippen molar-refractivity contribution >= 4 is 62.2 Å². The molecule has 7 heteroatoms. The Kier molecular flexibility index (Phi) is 5.90. The van der Waals surface area contributed by atoms with Gasteiger partial charge in [0.1, 0.15) is 10.4 Å². The van der Waals surface area contributed by atoms with Crippen LogP contribution in [0.25, 0.3) is 6.08 Å². The Morgan fingerprint density at radius 3 is 2.62 bits per heavy atom. The van der Waals surface area contributed by atoms with E-state index in [1.165, 1.54) is 4.90 Å². The van der Waals surface area contributed by atoms with Crippen LogP contribution in [0.15, 0.2) is 64.0 Å². The van der Waals surface area contributed by atoms with E-state index in [2.05, 4.69) is 15.9 Å². The van der Waals surface area contributed by atoms with Crippen LogP contribution < -0.4 is 0 Å². The molecule has 1 saturated heterocycles. The zero-order valence-corrected chi connectivity index (χ0v) is 16.7. The predicted octanol–water partition coefficient (Wildman–Crippen LogP) is 4.35. The fourth-order valence-corrected chi connectivity index (χ4v) is 4.40. The summed E-state index contributed by atoms with van der Waals surface area (Å²) in [5.41, 5.74) is 1.68. The Bertz CT molecular complexity index is 899. The van der Waals surface area contributed by atoms with E-state index < -0.39 is 12.0 Å². The lowest BCUT2D eigenvalue weighted by molar-refractivity contribution is -0.145. The van der Waals surface area contributed by atoms with Crippen LogP contribution in [0.5, 0.6) is 0 Å². The van der Waals surface area contributed by atoms with Crippen LogP contribution in [-0.2, 0) is 16.0 Å². The van der Waals surface area contributed by atoms with Gasteiger partial charge in [-0.15, -0.1) is 0 Å². The van der Waals surface area contributed by atoms with Gasteiger partial charge < -0.3 is 5.11 Å². The number of amides is 1.